The van der Waals surface area contributed by atoms with Gasteiger partial charge in [0.2, 0.25) is 14.2 Å². The van der Waals surface area contributed by atoms with Crippen LogP contribution in [-0.4, -0.2) is 29.6 Å². The lowest BCUT2D eigenvalue weighted by molar-refractivity contribution is 0.595. The van der Waals surface area contributed by atoms with Crippen molar-refractivity contribution in [2.45, 2.75) is 34.7 Å². The number of rotatable bonds is 4. The van der Waals surface area contributed by atoms with E-state index in [1.54, 1.807) is 6.92 Å². The topological polar surface area (TPSA) is 59.9 Å². The molecule has 1 rings (SSSR count). The smallest absolute Gasteiger partial charge is 0.221 e. The van der Waals surface area contributed by atoms with Crippen LogP contribution in [0, 0.1) is 0 Å². The second-order valence-electron chi connectivity index (χ2n) is 2.90. The average molecular weight is 252 g/mol. The van der Waals surface area contributed by atoms with Crippen LogP contribution in [0.4, 0.5) is 0 Å². The van der Waals surface area contributed by atoms with Crippen LogP contribution in [0.25, 0.3) is 0 Å². The molecule has 80 valence electrons. The summed E-state index contributed by atoms with van der Waals surface area (Å²) in [6, 6.07) is 0. The normalized spacial score (nSPS) is 12.3. The molecule has 0 spiro atoms. The summed E-state index contributed by atoms with van der Waals surface area (Å²) in [6.07, 6.45) is 0. The van der Waals surface area contributed by atoms with Gasteiger partial charge in [-0.2, -0.15) is 0 Å². The molecule has 0 unspecified atom stereocenters. The first-order valence-corrected chi connectivity index (χ1v) is 7.53. The highest BCUT2D eigenvalue weighted by molar-refractivity contribution is 8.02. The fourth-order valence-corrected chi connectivity index (χ4v) is 4.17. The maximum atomic E-state index is 11.4. The Morgan fingerprint density at radius 1 is 1.43 bits per heavy atom. The Kier molecular flexibility index (Phi) is 3.91. The van der Waals surface area contributed by atoms with Crippen molar-refractivity contribution in [2.24, 2.45) is 0 Å². The van der Waals surface area contributed by atoms with Crippen LogP contribution in [0.1, 0.15) is 20.8 Å². The number of sulfone groups is 1. The van der Waals surface area contributed by atoms with Crippen molar-refractivity contribution < 1.29 is 8.42 Å². The standard InChI is InChI=1S/C7H12N2O2S3/c1-4-14(10,11)7-9-8-6(13-7)12-5(2)3/h5H,4H2,1-3H3. The highest BCUT2D eigenvalue weighted by Crippen LogP contribution is 2.28. The molecule has 4 nitrogen and oxygen atoms in total. The van der Waals surface area contributed by atoms with Gasteiger partial charge >= 0.3 is 0 Å². The van der Waals surface area contributed by atoms with E-state index in [9.17, 15) is 8.42 Å². The molecule has 1 aromatic heterocycles. The monoisotopic (exact) mass is 252 g/mol. The zero-order valence-corrected chi connectivity index (χ0v) is 10.7. The van der Waals surface area contributed by atoms with E-state index in [1.807, 2.05) is 13.8 Å². The maximum Gasteiger partial charge on any atom is 0.233 e. The van der Waals surface area contributed by atoms with Gasteiger partial charge in [-0.05, 0) is 0 Å². The van der Waals surface area contributed by atoms with Crippen molar-refractivity contribution in [2.75, 3.05) is 5.75 Å². The predicted molar refractivity (Wildman–Crippen MR) is 58.6 cm³/mol. The Balaban J connectivity index is 2.89. The van der Waals surface area contributed by atoms with E-state index in [-0.39, 0.29) is 10.1 Å². The van der Waals surface area contributed by atoms with Crippen LogP contribution in [0.5, 0.6) is 0 Å². The lowest BCUT2D eigenvalue weighted by Crippen LogP contribution is -2.02. The molecular weight excluding hydrogens is 240 g/mol. The fraction of sp³-hybridized carbons (Fsp3) is 0.714. The first-order chi connectivity index (χ1) is 6.45. The summed E-state index contributed by atoms with van der Waals surface area (Å²) < 4.78 is 23.6. The molecule has 14 heavy (non-hydrogen) atoms. The van der Waals surface area contributed by atoms with Crippen molar-refractivity contribution in [1.82, 2.24) is 10.2 Å². The van der Waals surface area contributed by atoms with E-state index in [4.69, 9.17) is 0 Å². The number of hydrogen-bond donors (Lipinski definition) is 0. The molecule has 0 amide bonds. The molecule has 0 saturated heterocycles. The molecule has 0 N–H and O–H groups in total. The Morgan fingerprint density at radius 2 is 2.07 bits per heavy atom. The Hall–Kier alpha value is -0.140. The molecule has 0 atom stereocenters. The maximum absolute atomic E-state index is 11.4. The minimum Gasteiger partial charge on any atom is -0.221 e. The predicted octanol–water partition coefficient (Wildman–Crippen LogP) is 1.83. The lowest BCUT2D eigenvalue weighted by Gasteiger charge is -1.96. The van der Waals surface area contributed by atoms with Crippen molar-refractivity contribution in [3.05, 3.63) is 0 Å². The van der Waals surface area contributed by atoms with E-state index in [1.165, 1.54) is 11.8 Å². The van der Waals surface area contributed by atoms with Gasteiger partial charge in [-0.3, -0.25) is 0 Å². The highest BCUT2D eigenvalue weighted by Gasteiger charge is 2.18. The molecule has 0 aliphatic carbocycles. The Labute approximate surface area is 92.1 Å². The molecule has 1 aromatic rings. The SMILES string of the molecule is CCS(=O)(=O)c1nnc(SC(C)C)s1. The summed E-state index contributed by atoms with van der Waals surface area (Å²) in [5.74, 6) is 0.0774. The minimum absolute atomic E-state index is 0.0774. The van der Waals surface area contributed by atoms with Crippen molar-refractivity contribution in [3.8, 4) is 0 Å². The van der Waals surface area contributed by atoms with Crippen LogP contribution < -0.4 is 0 Å². The molecule has 0 radical (unpaired) electrons. The zero-order valence-electron chi connectivity index (χ0n) is 8.22. The van der Waals surface area contributed by atoms with Gasteiger partial charge < -0.3 is 0 Å². The molecule has 0 saturated carbocycles. The van der Waals surface area contributed by atoms with Crippen LogP contribution in [-0.2, 0) is 9.84 Å². The van der Waals surface area contributed by atoms with Gasteiger partial charge in [0.05, 0.1) is 5.75 Å². The molecule has 0 bridgehead atoms. The molecule has 0 aliphatic rings. The summed E-state index contributed by atoms with van der Waals surface area (Å²) in [5, 5.41) is 7.88. The summed E-state index contributed by atoms with van der Waals surface area (Å²) in [6.45, 7) is 5.66. The number of aromatic nitrogens is 2. The molecule has 1 heterocycles. The second-order valence-corrected chi connectivity index (χ2v) is 8.16. The van der Waals surface area contributed by atoms with E-state index in [0.29, 0.717) is 9.59 Å². The average Bonchev–Trinajstić information content (AvgIpc) is 2.52. The van der Waals surface area contributed by atoms with Gasteiger partial charge in [0, 0.05) is 5.25 Å². The van der Waals surface area contributed by atoms with Crippen LogP contribution >= 0.6 is 23.1 Å². The van der Waals surface area contributed by atoms with E-state index >= 15 is 0 Å². The Morgan fingerprint density at radius 3 is 2.57 bits per heavy atom. The number of nitrogens with zero attached hydrogens (tertiary/aromatic N) is 2. The van der Waals surface area contributed by atoms with Crippen LogP contribution in [0.3, 0.4) is 0 Å². The second kappa shape index (κ2) is 4.59. The fourth-order valence-electron chi connectivity index (χ4n) is 0.696. The third-order valence-corrected chi connectivity index (χ3v) is 5.56. The van der Waals surface area contributed by atoms with Crippen LogP contribution in [0.2, 0.25) is 0 Å². The first kappa shape index (κ1) is 11.9. The largest absolute Gasteiger partial charge is 0.233 e. The van der Waals surface area contributed by atoms with Gasteiger partial charge in [0.25, 0.3) is 0 Å². The molecule has 0 aromatic carbocycles. The minimum atomic E-state index is -3.18. The van der Waals surface area contributed by atoms with Crippen molar-refractivity contribution in [3.63, 3.8) is 0 Å². The summed E-state index contributed by atoms with van der Waals surface area (Å²) in [7, 11) is -3.18. The van der Waals surface area contributed by atoms with E-state index < -0.39 is 9.84 Å². The lowest BCUT2D eigenvalue weighted by atomic mass is 10.6. The van der Waals surface area contributed by atoms with Crippen molar-refractivity contribution >= 4 is 32.9 Å². The summed E-state index contributed by atoms with van der Waals surface area (Å²) >= 11 is 2.67. The van der Waals surface area contributed by atoms with Gasteiger partial charge in [0.1, 0.15) is 0 Å². The van der Waals surface area contributed by atoms with Gasteiger partial charge in [-0.15, -0.1) is 10.2 Å². The van der Waals surface area contributed by atoms with Crippen molar-refractivity contribution in [1.29, 1.82) is 0 Å². The van der Waals surface area contributed by atoms with Crippen LogP contribution in [0.15, 0.2) is 8.68 Å². The molecule has 0 aliphatic heterocycles. The number of hydrogen-bond acceptors (Lipinski definition) is 6. The summed E-state index contributed by atoms with van der Waals surface area (Å²) in [4.78, 5) is 0. The summed E-state index contributed by atoms with van der Waals surface area (Å²) in [5.41, 5.74) is 0. The van der Waals surface area contributed by atoms with Gasteiger partial charge in [-0.1, -0.05) is 43.9 Å². The Bertz CT molecular complexity index is 397. The van der Waals surface area contributed by atoms with E-state index in [0.717, 1.165) is 11.3 Å². The third-order valence-electron chi connectivity index (χ3n) is 1.37. The quantitative estimate of drug-likeness (QED) is 0.765. The molecular formula is C7H12N2O2S3. The zero-order chi connectivity index (χ0) is 10.8. The van der Waals surface area contributed by atoms with Gasteiger partial charge in [-0.25, -0.2) is 8.42 Å². The molecule has 7 heteroatoms. The van der Waals surface area contributed by atoms with Gasteiger partial charge in [0.15, 0.2) is 4.34 Å². The third kappa shape index (κ3) is 2.93. The molecule has 0 fully saturated rings. The first-order valence-electron chi connectivity index (χ1n) is 4.18. The highest BCUT2D eigenvalue weighted by atomic mass is 32.2. The number of thioether (sulfide) groups is 1. The van der Waals surface area contributed by atoms with E-state index in [2.05, 4.69) is 10.2 Å².